The number of fused-ring (bicyclic) bond motifs is 5. The zero-order chi connectivity index (χ0) is 24.4. The van der Waals surface area contributed by atoms with E-state index in [9.17, 15) is 0 Å². The monoisotopic (exact) mass is 463 g/mol. The van der Waals surface area contributed by atoms with Crippen molar-refractivity contribution < 1.29 is 0 Å². The molecular formula is C33H25N3. The number of aromatic nitrogens is 3. The van der Waals surface area contributed by atoms with Crippen molar-refractivity contribution >= 4 is 21.5 Å². The van der Waals surface area contributed by atoms with Crippen molar-refractivity contribution in [1.29, 1.82) is 0 Å². The molecule has 7 rings (SSSR count). The molecule has 0 radical (unpaired) electrons. The molecule has 1 aromatic heterocycles. The maximum atomic E-state index is 4.54. The number of hydrogen-bond acceptors (Lipinski definition) is 3. The largest absolute Gasteiger partial charge is 0.225 e. The summed E-state index contributed by atoms with van der Waals surface area (Å²) in [6.45, 7) is 6.81. The number of hydrogen-bond donors (Lipinski definition) is 0. The van der Waals surface area contributed by atoms with Crippen LogP contribution in [0.15, 0.2) is 97.6 Å². The van der Waals surface area contributed by atoms with Crippen LogP contribution in [0, 0.1) is 6.92 Å². The molecule has 6 aromatic rings. The highest BCUT2D eigenvalue weighted by Crippen LogP contribution is 2.51. The fraction of sp³-hybridized carbons (Fsp3) is 0.121. The average Bonchev–Trinajstić information content (AvgIpc) is 3.14. The lowest BCUT2D eigenvalue weighted by molar-refractivity contribution is 0.660. The van der Waals surface area contributed by atoms with E-state index in [1.807, 2.05) is 0 Å². The summed E-state index contributed by atoms with van der Waals surface area (Å²) in [5.74, 6) is 0.700. The van der Waals surface area contributed by atoms with Gasteiger partial charge < -0.3 is 0 Å². The van der Waals surface area contributed by atoms with Gasteiger partial charge in [-0.1, -0.05) is 98.3 Å². The van der Waals surface area contributed by atoms with Gasteiger partial charge in [-0.25, -0.2) is 15.0 Å². The molecule has 36 heavy (non-hydrogen) atoms. The standard InChI is InChI=1S/C33H25N3/c1-20-12-14-25-27(16-20)30(23-9-4-5-10-24(23)31(25)32-35-18-34-19-36-32)21-13-15-29-26(17-21)22-8-6-7-11-28(22)33(29,2)3/h4-19H,1-3H3. The van der Waals surface area contributed by atoms with Crippen LogP contribution in [0.1, 0.15) is 30.5 Å². The SMILES string of the molecule is Cc1ccc2c(-c3ncncn3)c3ccccc3c(-c3ccc4c(c3)-c3ccccc3C4(C)C)c2c1. The highest BCUT2D eigenvalue weighted by atomic mass is 15.0. The first kappa shape index (κ1) is 21.0. The van der Waals surface area contributed by atoms with E-state index in [0.717, 1.165) is 16.3 Å². The molecule has 0 N–H and O–H groups in total. The Morgan fingerprint density at radius 1 is 0.583 bits per heavy atom. The maximum Gasteiger partial charge on any atom is 0.163 e. The van der Waals surface area contributed by atoms with Crippen LogP contribution in [-0.4, -0.2) is 15.0 Å². The zero-order valence-corrected chi connectivity index (χ0v) is 20.6. The van der Waals surface area contributed by atoms with E-state index in [-0.39, 0.29) is 5.41 Å². The van der Waals surface area contributed by atoms with Crippen molar-refractivity contribution in [2.75, 3.05) is 0 Å². The summed E-state index contributed by atoms with van der Waals surface area (Å²) >= 11 is 0. The fourth-order valence-electron chi connectivity index (χ4n) is 6.09. The molecule has 1 aliphatic rings. The molecule has 0 fully saturated rings. The van der Waals surface area contributed by atoms with Gasteiger partial charge >= 0.3 is 0 Å². The lowest BCUT2D eigenvalue weighted by atomic mass is 9.81. The number of aryl methyl sites for hydroxylation is 1. The Morgan fingerprint density at radius 2 is 1.25 bits per heavy atom. The Bertz CT molecular complexity index is 1820. The normalized spacial score (nSPS) is 13.6. The number of benzene rings is 5. The van der Waals surface area contributed by atoms with Crippen molar-refractivity contribution in [3.8, 4) is 33.6 Å². The predicted octanol–water partition coefficient (Wildman–Crippen LogP) is 8.13. The van der Waals surface area contributed by atoms with Gasteiger partial charge in [0.2, 0.25) is 0 Å². The van der Waals surface area contributed by atoms with Crippen LogP contribution in [0.4, 0.5) is 0 Å². The summed E-state index contributed by atoms with van der Waals surface area (Å²) in [5, 5.41) is 4.73. The summed E-state index contributed by atoms with van der Waals surface area (Å²) in [5.41, 5.74) is 10.2. The second-order valence-corrected chi connectivity index (χ2v) is 10.2. The van der Waals surface area contributed by atoms with Crippen LogP contribution in [-0.2, 0) is 5.41 Å². The van der Waals surface area contributed by atoms with E-state index < -0.39 is 0 Å². The third kappa shape index (κ3) is 2.89. The minimum atomic E-state index is -0.00623. The van der Waals surface area contributed by atoms with Gasteiger partial charge in [-0.05, 0) is 67.9 Å². The summed E-state index contributed by atoms with van der Waals surface area (Å²) in [7, 11) is 0. The summed E-state index contributed by atoms with van der Waals surface area (Å²) in [4.78, 5) is 13.1. The molecule has 3 nitrogen and oxygen atoms in total. The van der Waals surface area contributed by atoms with Crippen LogP contribution in [0.5, 0.6) is 0 Å². The molecule has 0 bridgehead atoms. The first-order valence-electron chi connectivity index (χ1n) is 12.4. The molecular weight excluding hydrogens is 438 g/mol. The van der Waals surface area contributed by atoms with Crippen molar-refractivity contribution in [3.05, 3.63) is 114 Å². The topological polar surface area (TPSA) is 38.7 Å². The van der Waals surface area contributed by atoms with Crippen molar-refractivity contribution in [3.63, 3.8) is 0 Å². The van der Waals surface area contributed by atoms with Gasteiger partial charge in [-0.15, -0.1) is 0 Å². The Morgan fingerprint density at radius 3 is 2.06 bits per heavy atom. The van der Waals surface area contributed by atoms with Gasteiger partial charge in [0.1, 0.15) is 12.7 Å². The van der Waals surface area contributed by atoms with Crippen LogP contribution in [0.3, 0.4) is 0 Å². The van der Waals surface area contributed by atoms with Gasteiger partial charge in [0, 0.05) is 11.0 Å². The van der Waals surface area contributed by atoms with Crippen molar-refractivity contribution in [2.45, 2.75) is 26.2 Å². The van der Waals surface area contributed by atoms with E-state index in [1.165, 1.54) is 49.7 Å². The third-order valence-electron chi connectivity index (χ3n) is 7.77. The first-order chi connectivity index (χ1) is 17.5. The summed E-state index contributed by atoms with van der Waals surface area (Å²) in [6, 6.07) is 31.2. The third-order valence-corrected chi connectivity index (χ3v) is 7.77. The van der Waals surface area contributed by atoms with E-state index >= 15 is 0 Å². The van der Waals surface area contributed by atoms with Crippen molar-refractivity contribution in [1.82, 2.24) is 15.0 Å². The second-order valence-electron chi connectivity index (χ2n) is 10.2. The molecule has 1 heterocycles. The van der Waals surface area contributed by atoms with Crippen molar-refractivity contribution in [2.24, 2.45) is 0 Å². The van der Waals surface area contributed by atoms with Gasteiger partial charge in [0.15, 0.2) is 5.82 Å². The van der Waals surface area contributed by atoms with Crippen LogP contribution in [0.25, 0.3) is 55.2 Å². The molecule has 1 aliphatic carbocycles. The fourth-order valence-corrected chi connectivity index (χ4v) is 6.09. The van der Waals surface area contributed by atoms with E-state index in [1.54, 1.807) is 12.7 Å². The molecule has 0 aliphatic heterocycles. The number of rotatable bonds is 2. The highest BCUT2D eigenvalue weighted by Gasteiger charge is 2.35. The Kier molecular flexibility index (Phi) is 4.40. The first-order valence-corrected chi connectivity index (χ1v) is 12.4. The summed E-state index contributed by atoms with van der Waals surface area (Å²) in [6.07, 6.45) is 3.15. The second kappa shape index (κ2) is 7.56. The quantitative estimate of drug-likeness (QED) is 0.243. The highest BCUT2D eigenvalue weighted by molar-refractivity contribution is 6.21. The molecule has 172 valence electrons. The molecule has 0 atom stereocenters. The van der Waals surface area contributed by atoms with Crippen LogP contribution in [0.2, 0.25) is 0 Å². The lowest BCUT2D eigenvalue weighted by Crippen LogP contribution is -2.14. The van der Waals surface area contributed by atoms with E-state index in [0.29, 0.717) is 5.82 Å². The Hall–Kier alpha value is -4.37. The van der Waals surface area contributed by atoms with E-state index in [4.69, 9.17) is 0 Å². The minimum absolute atomic E-state index is 0.00623. The molecule has 0 amide bonds. The smallest absolute Gasteiger partial charge is 0.163 e. The Balaban J connectivity index is 1.60. The molecule has 3 heteroatoms. The maximum absolute atomic E-state index is 4.54. The van der Waals surface area contributed by atoms with Gasteiger partial charge in [0.25, 0.3) is 0 Å². The molecule has 5 aromatic carbocycles. The molecule has 0 spiro atoms. The van der Waals surface area contributed by atoms with Gasteiger partial charge in [-0.2, -0.15) is 0 Å². The molecule has 0 saturated carbocycles. The minimum Gasteiger partial charge on any atom is -0.225 e. The summed E-state index contributed by atoms with van der Waals surface area (Å²) < 4.78 is 0. The van der Waals surface area contributed by atoms with Gasteiger partial charge in [-0.3, -0.25) is 0 Å². The van der Waals surface area contributed by atoms with E-state index in [2.05, 4.69) is 121 Å². The Labute approximate surface area is 210 Å². The lowest BCUT2D eigenvalue weighted by Gasteiger charge is -2.22. The molecule has 0 saturated heterocycles. The average molecular weight is 464 g/mol. The molecule has 0 unspecified atom stereocenters. The predicted molar refractivity (Wildman–Crippen MR) is 148 cm³/mol. The zero-order valence-electron chi connectivity index (χ0n) is 20.6. The van der Waals surface area contributed by atoms with Gasteiger partial charge in [0.05, 0.1) is 0 Å². The number of nitrogens with zero attached hydrogens (tertiary/aromatic N) is 3. The van der Waals surface area contributed by atoms with Crippen LogP contribution >= 0.6 is 0 Å². The van der Waals surface area contributed by atoms with Crippen LogP contribution < -0.4 is 0 Å².